The molecule has 0 atom stereocenters. The van der Waals surface area contributed by atoms with E-state index in [0.29, 0.717) is 0 Å². The Labute approximate surface area is 184 Å². The van der Waals surface area contributed by atoms with Crippen molar-refractivity contribution in [2.45, 2.75) is 5.54 Å². The van der Waals surface area contributed by atoms with E-state index in [1.807, 2.05) is 0 Å². The molecule has 0 bridgehead atoms. The molecule has 3 nitrogen and oxygen atoms in total. The van der Waals surface area contributed by atoms with Gasteiger partial charge in [-0.1, -0.05) is 91.0 Å². The van der Waals surface area contributed by atoms with Crippen LogP contribution in [0.4, 0.5) is 11.4 Å². The Morgan fingerprint density at radius 1 is 0.581 bits per heavy atom. The van der Waals surface area contributed by atoms with Crippen LogP contribution in [-0.2, 0) is 5.54 Å². The van der Waals surface area contributed by atoms with Crippen molar-refractivity contribution in [2.24, 2.45) is 0 Å². The van der Waals surface area contributed by atoms with E-state index in [1.165, 1.54) is 28.1 Å². The first-order valence-corrected chi connectivity index (χ1v) is 10.9. The van der Waals surface area contributed by atoms with Gasteiger partial charge >= 0.3 is 0 Å². The number of fused-ring (bicyclic) bond motifs is 1. The van der Waals surface area contributed by atoms with Gasteiger partial charge in [0.15, 0.2) is 12.4 Å². The lowest BCUT2D eigenvalue weighted by Gasteiger charge is -2.35. The number of hydrogen-bond acceptors (Lipinski definition) is 2. The van der Waals surface area contributed by atoms with E-state index >= 15 is 0 Å². The summed E-state index contributed by atoms with van der Waals surface area (Å²) >= 11 is 0. The minimum absolute atomic E-state index is 0.477. The van der Waals surface area contributed by atoms with Crippen molar-refractivity contribution in [3.05, 3.63) is 126 Å². The van der Waals surface area contributed by atoms with Gasteiger partial charge in [0.1, 0.15) is 5.69 Å². The fourth-order valence-electron chi connectivity index (χ4n) is 4.83. The van der Waals surface area contributed by atoms with Crippen molar-refractivity contribution in [3.63, 3.8) is 0 Å². The predicted octanol–water partition coefficient (Wildman–Crippen LogP) is 4.70. The molecule has 0 N–H and O–H groups in total. The molecule has 0 aliphatic carbocycles. The lowest BCUT2D eigenvalue weighted by atomic mass is 9.76. The smallest absolute Gasteiger partial charge is 0.244 e. The van der Waals surface area contributed by atoms with Gasteiger partial charge in [0, 0.05) is 49.9 Å². The highest BCUT2D eigenvalue weighted by Crippen LogP contribution is 2.38. The van der Waals surface area contributed by atoms with E-state index in [0.717, 1.165) is 13.1 Å². The zero-order valence-corrected chi connectivity index (χ0v) is 18.1. The van der Waals surface area contributed by atoms with Gasteiger partial charge in [-0.3, -0.25) is 0 Å². The van der Waals surface area contributed by atoms with E-state index in [1.54, 1.807) is 0 Å². The number of anilines is 2. The van der Waals surface area contributed by atoms with Crippen molar-refractivity contribution >= 4 is 11.4 Å². The average molecular weight is 407 g/mol. The first-order chi connectivity index (χ1) is 15.2. The summed E-state index contributed by atoms with van der Waals surface area (Å²) in [6.45, 7) is 2.05. The van der Waals surface area contributed by atoms with Crippen LogP contribution in [0.2, 0.25) is 0 Å². The standard InChI is InChI=1S/C28H28N3/c1-29-20-21-30(2)27-22-31(19-18-26(27)29)28(23-12-6-3-7-13-23,24-14-8-4-9-15-24)25-16-10-5-11-17-25/h3-19,22H,20-21H2,1-2H3/q+1. The summed E-state index contributed by atoms with van der Waals surface area (Å²) in [5, 5.41) is 0. The summed E-state index contributed by atoms with van der Waals surface area (Å²) in [6, 6.07) is 34.8. The Morgan fingerprint density at radius 2 is 1.00 bits per heavy atom. The molecule has 154 valence electrons. The van der Waals surface area contributed by atoms with Crippen molar-refractivity contribution in [2.75, 3.05) is 37.0 Å². The highest BCUT2D eigenvalue weighted by atomic mass is 15.2. The fraction of sp³-hybridized carbons (Fsp3) is 0.179. The van der Waals surface area contributed by atoms with E-state index < -0.39 is 5.54 Å². The third-order valence-corrected chi connectivity index (χ3v) is 6.47. The Balaban J connectivity index is 1.86. The molecule has 0 unspecified atom stereocenters. The summed E-state index contributed by atoms with van der Waals surface area (Å²) < 4.78 is 2.39. The molecule has 3 aromatic carbocycles. The molecule has 1 aliphatic rings. The van der Waals surface area contributed by atoms with Crippen LogP contribution in [0, 0.1) is 0 Å². The Hall–Kier alpha value is -3.59. The molecule has 5 rings (SSSR count). The van der Waals surface area contributed by atoms with Gasteiger partial charge in [0.25, 0.3) is 0 Å². The first-order valence-electron chi connectivity index (χ1n) is 10.9. The topological polar surface area (TPSA) is 10.4 Å². The molecule has 1 aliphatic heterocycles. The van der Waals surface area contributed by atoms with Crippen LogP contribution in [0.15, 0.2) is 109 Å². The summed E-state index contributed by atoms with van der Waals surface area (Å²) in [7, 11) is 4.36. The molecule has 4 aromatic rings. The molecule has 0 saturated heterocycles. The van der Waals surface area contributed by atoms with Crippen molar-refractivity contribution in [3.8, 4) is 0 Å². The number of benzene rings is 3. The molecule has 0 fully saturated rings. The minimum atomic E-state index is -0.477. The van der Waals surface area contributed by atoms with Crippen LogP contribution in [0.25, 0.3) is 0 Å². The maximum atomic E-state index is 2.39. The molecule has 2 heterocycles. The second kappa shape index (κ2) is 7.92. The zero-order chi connectivity index (χ0) is 21.3. The minimum Gasteiger partial charge on any atom is -0.371 e. The van der Waals surface area contributed by atoms with Gasteiger partial charge < -0.3 is 9.80 Å². The Morgan fingerprint density at radius 3 is 1.45 bits per heavy atom. The van der Waals surface area contributed by atoms with Crippen molar-refractivity contribution in [1.82, 2.24) is 0 Å². The number of likely N-dealkylation sites (N-methyl/N-ethyl adjacent to an activating group) is 2. The molecule has 0 amide bonds. The van der Waals surface area contributed by atoms with Crippen molar-refractivity contribution < 1.29 is 4.57 Å². The molecular weight excluding hydrogens is 378 g/mol. The van der Waals surface area contributed by atoms with Gasteiger partial charge in [-0.15, -0.1) is 0 Å². The SMILES string of the molecule is CN1CCN(C)c2c[n+](C(c3ccccc3)(c3ccccc3)c3ccccc3)ccc21. The summed E-state index contributed by atoms with van der Waals surface area (Å²) in [6.07, 6.45) is 4.56. The van der Waals surface area contributed by atoms with Gasteiger partial charge in [0.2, 0.25) is 5.54 Å². The van der Waals surface area contributed by atoms with Gasteiger partial charge in [-0.25, -0.2) is 0 Å². The molecule has 1 aromatic heterocycles. The maximum Gasteiger partial charge on any atom is 0.244 e. The Kier molecular flexibility index (Phi) is 4.95. The normalized spacial score (nSPS) is 13.7. The largest absolute Gasteiger partial charge is 0.371 e. The highest BCUT2D eigenvalue weighted by molar-refractivity contribution is 5.71. The predicted molar refractivity (Wildman–Crippen MR) is 128 cm³/mol. The third-order valence-electron chi connectivity index (χ3n) is 6.47. The summed E-state index contributed by atoms with van der Waals surface area (Å²) in [5.41, 5.74) is 5.77. The molecule has 0 spiro atoms. The van der Waals surface area contributed by atoms with Crippen LogP contribution in [0.3, 0.4) is 0 Å². The van der Waals surface area contributed by atoms with E-state index in [-0.39, 0.29) is 0 Å². The van der Waals surface area contributed by atoms with Gasteiger partial charge in [-0.2, -0.15) is 4.57 Å². The molecule has 0 radical (unpaired) electrons. The number of hydrogen-bond donors (Lipinski definition) is 0. The van der Waals surface area contributed by atoms with E-state index in [2.05, 4.69) is 138 Å². The fourth-order valence-corrected chi connectivity index (χ4v) is 4.83. The van der Waals surface area contributed by atoms with Crippen LogP contribution in [-0.4, -0.2) is 27.2 Å². The molecule has 31 heavy (non-hydrogen) atoms. The van der Waals surface area contributed by atoms with Crippen LogP contribution < -0.4 is 14.4 Å². The third kappa shape index (κ3) is 3.17. The number of aromatic nitrogens is 1. The van der Waals surface area contributed by atoms with E-state index in [9.17, 15) is 0 Å². The second-order valence-corrected chi connectivity index (χ2v) is 8.27. The summed E-state index contributed by atoms with van der Waals surface area (Å²) in [5.74, 6) is 0. The van der Waals surface area contributed by atoms with Crippen molar-refractivity contribution in [1.29, 1.82) is 0 Å². The quantitative estimate of drug-likeness (QED) is 0.359. The number of rotatable bonds is 4. The van der Waals surface area contributed by atoms with E-state index in [4.69, 9.17) is 0 Å². The monoisotopic (exact) mass is 406 g/mol. The highest BCUT2D eigenvalue weighted by Gasteiger charge is 2.46. The summed E-state index contributed by atoms with van der Waals surface area (Å²) in [4.78, 5) is 4.70. The first kappa shape index (κ1) is 19.4. The average Bonchev–Trinajstić information content (AvgIpc) is 2.84. The van der Waals surface area contributed by atoms with Crippen LogP contribution in [0.5, 0.6) is 0 Å². The van der Waals surface area contributed by atoms with Crippen LogP contribution in [0.1, 0.15) is 16.7 Å². The number of nitrogens with zero attached hydrogens (tertiary/aromatic N) is 3. The van der Waals surface area contributed by atoms with Gasteiger partial charge in [0.05, 0.1) is 5.69 Å². The van der Waals surface area contributed by atoms with Gasteiger partial charge in [-0.05, 0) is 0 Å². The van der Waals surface area contributed by atoms with Crippen LogP contribution >= 0.6 is 0 Å². The zero-order valence-electron chi connectivity index (χ0n) is 18.1. The molecular formula is C28H28N3+. The second-order valence-electron chi connectivity index (χ2n) is 8.27. The maximum absolute atomic E-state index is 2.39. The molecule has 0 saturated carbocycles. The Bertz CT molecular complexity index is 1060. The lowest BCUT2D eigenvalue weighted by Crippen LogP contribution is -2.58. The molecule has 3 heteroatoms. The number of pyridine rings is 1. The lowest BCUT2D eigenvalue weighted by molar-refractivity contribution is -0.733.